The zero-order valence-electron chi connectivity index (χ0n) is 12.9. The van der Waals surface area contributed by atoms with Crippen LogP contribution in [0.15, 0.2) is 11.8 Å². The highest BCUT2D eigenvalue weighted by molar-refractivity contribution is 6.74. The summed E-state index contributed by atoms with van der Waals surface area (Å²) in [5, 5.41) is 8.94. The van der Waals surface area contributed by atoms with E-state index in [1.165, 1.54) is 0 Å². The molecule has 4 nitrogen and oxygen atoms in total. The average Bonchev–Trinajstić information content (AvgIpc) is 2.68. The van der Waals surface area contributed by atoms with Crippen molar-refractivity contribution in [2.45, 2.75) is 57.5 Å². The highest BCUT2D eigenvalue weighted by Crippen LogP contribution is 2.39. The van der Waals surface area contributed by atoms with Gasteiger partial charge in [-0.3, -0.25) is 4.90 Å². The Morgan fingerprint density at radius 2 is 1.95 bits per heavy atom. The second-order valence-electron chi connectivity index (χ2n) is 6.77. The Labute approximate surface area is 123 Å². The maximum Gasteiger partial charge on any atom is 0.414 e. The molecule has 0 aromatic carbocycles. The Hall–Kier alpha value is -1.02. The van der Waals surface area contributed by atoms with Gasteiger partial charge in [0.1, 0.15) is 0 Å². The number of hydrogen-bond acceptors (Lipinski definition) is 2. The molecule has 21 heavy (non-hydrogen) atoms. The molecule has 8 heteroatoms. The van der Waals surface area contributed by atoms with E-state index >= 15 is 0 Å². The highest BCUT2D eigenvalue weighted by Gasteiger charge is 2.44. The smallest absolute Gasteiger partial charge is 0.414 e. The minimum Gasteiger partial charge on any atom is -0.465 e. The first-order chi connectivity index (χ1) is 9.25. The maximum absolute atomic E-state index is 12.7. The van der Waals surface area contributed by atoms with E-state index in [1.54, 1.807) is 0 Å². The summed E-state index contributed by atoms with van der Waals surface area (Å²) in [6.07, 6.45) is -5.58. The fourth-order valence-electron chi connectivity index (χ4n) is 1.74. The van der Waals surface area contributed by atoms with Gasteiger partial charge in [0.25, 0.3) is 0 Å². The number of carbonyl (C=O) groups is 1. The first-order valence-corrected chi connectivity index (χ1v) is 9.59. The molecule has 0 bridgehead atoms. The number of rotatable bonds is 3. The van der Waals surface area contributed by atoms with Gasteiger partial charge in [0.15, 0.2) is 8.32 Å². The molecule has 0 fully saturated rings. The lowest BCUT2D eigenvalue weighted by Gasteiger charge is -2.37. The number of hydrogen-bond donors (Lipinski definition) is 1. The summed E-state index contributed by atoms with van der Waals surface area (Å²) >= 11 is 0. The van der Waals surface area contributed by atoms with E-state index in [2.05, 4.69) is 0 Å². The van der Waals surface area contributed by atoms with Gasteiger partial charge in [-0.15, -0.1) is 0 Å². The van der Waals surface area contributed by atoms with E-state index in [0.29, 0.717) is 11.1 Å². The van der Waals surface area contributed by atoms with Crippen molar-refractivity contribution in [1.82, 2.24) is 4.90 Å². The standard InChI is InChI=1S/C13H22F3NO3Si/c1-12(2,3)21(4,5)20-8-10-6-9(13(14,15)16)7-17(10)11(18)19/h7,10H,6,8H2,1-5H3,(H,18,19)/t10-/m0/s1. The molecule has 1 atom stereocenters. The minimum absolute atomic E-state index is 0.0150. The van der Waals surface area contributed by atoms with Crippen LogP contribution in [0, 0.1) is 0 Å². The molecule has 0 radical (unpaired) electrons. The molecule has 0 unspecified atom stereocenters. The monoisotopic (exact) mass is 325 g/mol. The second kappa shape index (κ2) is 5.64. The predicted octanol–water partition coefficient (Wildman–Crippen LogP) is 4.21. The molecule has 1 rings (SSSR count). The quantitative estimate of drug-likeness (QED) is 0.791. The fraction of sp³-hybridized carbons (Fsp3) is 0.769. The molecule has 0 aromatic rings. The average molecular weight is 325 g/mol. The van der Waals surface area contributed by atoms with Crippen LogP contribution >= 0.6 is 0 Å². The van der Waals surface area contributed by atoms with Crippen LogP contribution in [0.5, 0.6) is 0 Å². The molecule has 1 heterocycles. The molecule has 122 valence electrons. The molecular formula is C13H22F3NO3Si. The number of alkyl halides is 3. The van der Waals surface area contributed by atoms with Crippen LogP contribution in [0.4, 0.5) is 18.0 Å². The third-order valence-corrected chi connectivity index (χ3v) is 8.67. The largest absolute Gasteiger partial charge is 0.465 e. The summed E-state index contributed by atoms with van der Waals surface area (Å²) in [5.74, 6) is 0. The molecule has 1 N–H and O–H groups in total. The van der Waals surface area contributed by atoms with E-state index in [0.717, 1.165) is 0 Å². The first-order valence-electron chi connectivity index (χ1n) is 6.69. The van der Waals surface area contributed by atoms with E-state index in [4.69, 9.17) is 9.53 Å². The Bertz CT molecular complexity index is 441. The lowest BCUT2D eigenvalue weighted by molar-refractivity contribution is -0.0935. The van der Waals surface area contributed by atoms with Gasteiger partial charge in [-0.25, -0.2) is 4.79 Å². The summed E-state index contributed by atoms with van der Waals surface area (Å²) in [7, 11) is -2.13. The van der Waals surface area contributed by atoms with E-state index in [-0.39, 0.29) is 18.1 Å². The van der Waals surface area contributed by atoms with Crippen molar-refractivity contribution in [3.8, 4) is 0 Å². The van der Waals surface area contributed by atoms with Gasteiger partial charge in [-0.2, -0.15) is 13.2 Å². The van der Waals surface area contributed by atoms with Crippen LogP contribution in [0.2, 0.25) is 18.1 Å². The van der Waals surface area contributed by atoms with Gasteiger partial charge >= 0.3 is 12.3 Å². The van der Waals surface area contributed by atoms with Crippen molar-refractivity contribution in [3.05, 3.63) is 11.8 Å². The van der Waals surface area contributed by atoms with Crippen molar-refractivity contribution in [1.29, 1.82) is 0 Å². The van der Waals surface area contributed by atoms with Gasteiger partial charge in [-0.05, 0) is 18.1 Å². The van der Waals surface area contributed by atoms with E-state index in [1.807, 2.05) is 33.9 Å². The summed E-state index contributed by atoms with van der Waals surface area (Å²) in [6, 6.07) is -0.812. The van der Waals surface area contributed by atoms with Gasteiger partial charge in [-0.1, -0.05) is 20.8 Å². The molecule has 0 saturated heterocycles. The van der Waals surface area contributed by atoms with E-state index < -0.39 is 32.2 Å². The van der Waals surface area contributed by atoms with Crippen molar-refractivity contribution in [2.75, 3.05) is 6.61 Å². The van der Waals surface area contributed by atoms with Crippen LogP contribution in [-0.4, -0.2) is 43.2 Å². The lowest BCUT2D eigenvalue weighted by Crippen LogP contribution is -2.45. The predicted molar refractivity (Wildman–Crippen MR) is 75.6 cm³/mol. The van der Waals surface area contributed by atoms with Crippen LogP contribution in [-0.2, 0) is 4.43 Å². The topological polar surface area (TPSA) is 49.8 Å². The first kappa shape index (κ1) is 18.0. The van der Waals surface area contributed by atoms with E-state index in [9.17, 15) is 18.0 Å². The number of halogens is 3. The number of nitrogens with zero attached hydrogens (tertiary/aromatic N) is 1. The molecule has 1 aliphatic heterocycles. The second-order valence-corrected chi connectivity index (χ2v) is 11.6. The molecule has 0 aliphatic carbocycles. The summed E-state index contributed by atoms with van der Waals surface area (Å²) in [4.78, 5) is 11.8. The zero-order chi connectivity index (χ0) is 16.6. The third-order valence-electron chi connectivity index (χ3n) is 4.17. The van der Waals surface area contributed by atoms with Crippen molar-refractivity contribution < 1.29 is 27.5 Å². The summed E-state index contributed by atoms with van der Waals surface area (Å²) in [5.41, 5.74) is -0.825. The zero-order valence-corrected chi connectivity index (χ0v) is 13.9. The number of carboxylic acid groups (broad SMARTS) is 1. The normalized spacial score (nSPS) is 20.7. The Morgan fingerprint density at radius 1 is 1.43 bits per heavy atom. The van der Waals surface area contributed by atoms with Gasteiger partial charge in [0.2, 0.25) is 0 Å². The molecule has 0 aromatic heterocycles. The van der Waals surface area contributed by atoms with Gasteiger partial charge in [0, 0.05) is 12.6 Å². The Morgan fingerprint density at radius 3 is 2.33 bits per heavy atom. The Kier molecular flexibility index (Phi) is 4.84. The highest BCUT2D eigenvalue weighted by atomic mass is 28.4. The molecule has 0 spiro atoms. The summed E-state index contributed by atoms with van der Waals surface area (Å²) < 4.78 is 44.0. The molecular weight excluding hydrogens is 303 g/mol. The molecule has 1 amide bonds. The molecule has 1 aliphatic rings. The van der Waals surface area contributed by atoms with Gasteiger partial charge in [0.05, 0.1) is 18.2 Å². The lowest BCUT2D eigenvalue weighted by atomic mass is 10.1. The fourth-order valence-corrected chi connectivity index (χ4v) is 2.78. The van der Waals surface area contributed by atoms with Crippen LogP contribution in [0.1, 0.15) is 27.2 Å². The van der Waals surface area contributed by atoms with Crippen LogP contribution < -0.4 is 0 Å². The van der Waals surface area contributed by atoms with Crippen LogP contribution in [0.25, 0.3) is 0 Å². The third kappa shape index (κ3) is 4.23. The van der Waals surface area contributed by atoms with Crippen molar-refractivity contribution >= 4 is 14.4 Å². The number of amides is 1. The van der Waals surface area contributed by atoms with Gasteiger partial charge < -0.3 is 9.53 Å². The minimum atomic E-state index is -4.50. The Balaban J connectivity index is 2.79. The van der Waals surface area contributed by atoms with Crippen molar-refractivity contribution in [2.24, 2.45) is 0 Å². The van der Waals surface area contributed by atoms with Crippen molar-refractivity contribution in [3.63, 3.8) is 0 Å². The molecule has 0 saturated carbocycles. The maximum atomic E-state index is 12.7. The van der Waals surface area contributed by atoms with Crippen LogP contribution in [0.3, 0.4) is 0 Å². The summed E-state index contributed by atoms with van der Waals surface area (Å²) in [6.45, 7) is 9.99. The SMILES string of the molecule is CC(C)(C)[Si](C)(C)OC[C@@H]1CC(C(F)(F)F)=CN1C(=O)O.